The lowest BCUT2D eigenvalue weighted by Crippen LogP contribution is -1.94. The molecule has 21 heavy (non-hydrogen) atoms. The predicted octanol–water partition coefficient (Wildman–Crippen LogP) is 3.71. The smallest absolute Gasteiger partial charge is 0.328 e. The quantitative estimate of drug-likeness (QED) is 0.750. The Morgan fingerprint density at radius 1 is 1.38 bits per heavy atom. The Kier molecular flexibility index (Phi) is 3.35. The zero-order valence-electron chi connectivity index (χ0n) is 11.7. The molecule has 1 aromatic carbocycles. The highest BCUT2D eigenvalue weighted by molar-refractivity contribution is 7.17. The average molecular weight is 298 g/mol. The Labute approximate surface area is 126 Å². The second-order valence-corrected chi connectivity index (χ2v) is 5.70. The van der Waals surface area contributed by atoms with Crippen LogP contribution in [0, 0.1) is 6.92 Å². The number of fused-ring (bicyclic) bond motifs is 1. The van der Waals surface area contributed by atoms with Gasteiger partial charge in [0.1, 0.15) is 0 Å². The highest BCUT2D eigenvalue weighted by Gasteiger charge is 2.16. The number of carboxylic acid groups (broad SMARTS) is 1. The molecular weight excluding hydrogens is 284 g/mol. The molecule has 106 valence electrons. The fourth-order valence-corrected chi connectivity index (χ4v) is 3.45. The van der Waals surface area contributed by atoms with Crippen LogP contribution in [0.15, 0.2) is 35.7 Å². The van der Waals surface area contributed by atoms with E-state index in [1.54, 1.807) is 17.4 Å². The first-order chi connectivity index (χ1) is 10.1. The first-order valence-corrected chi connectivity index (χ1v) is 7.37. The van der Waals surface area contributed by atoms with Gasteiger partial charge < -0.3 is 5.11 Å². The standard InChI is InChI=1S/C16H14N2O2S/c1-10-11(7-8-15(19)20)16(18(2)17-10)13-9-21-14-6-4-3-5-12(13)14/h3-9H,1-2H3,(H,19,20). The van der Waals surface area contributed by atoms with Crippen molar-refractivity contribution in [1.29, 1.82) is 0 Å². The van der Waals surface area contributed by atoms with Gasteiger partial charge in [0, 0.05) is 39.7 Å². The molecule has 3 aromatic rings. The summed E-state index contributed by atoms with van der Waals surface area (Å²) in [5.74, 6) is -0.959. The van der Waals surface area contributed by atoms with Crippen molar-refractivity contribution in [2.45, 2.75) is 6.92 Å². The molecule has 0 radical (unpaired) electrons. The lowest BCUT2D eigenvalue weighted by atomic mass is 10.0. The molecule has 0 amide bonds. The van der Waals surface area contributed by atoms with Gasteiger partial charge in [-0.25, -0.2) is 4.79 Å². The summed E-state index contributed by atoms with van der Waals surface area (Å²) in [6, 6.07) is 8.19. The lowest BCUT2D eigenvalue weighted by Gasteiger charge is -2.03. The molecule has 2 aromatic heterocycles. The molecule has 3 rings (SSSR count). The lowest BCUT2D eigenvalue weighted by molar-refractivity contribution is -0.131. The maximum Gasteiger partial charge on any atom is 0.328 e. The van der Waals surface area contributed by atoms with E-state index in [9.17, 15) is 4.79 Å². The van der Waals surface area contributed by atoms with E-state index in [1.165, 1.54) is 4.70 Å². The van der Waals surface area contributed by atoms with Crippen LogP contribution in [0.3, 0.4) is 0 Å². The number of aromatic nitrogens is 2. The molecule has 0 unspecified atom stereocenters. The van der Waals surface area contributed by atoms with Crippen LogP contribution in [0.5, 0.6) is 0 Å². The SMILES string of the molecule is Cc1nn(C)c(-c2csc3ccccc23)c1C=CC(=O)O. The van der Waals surface area contributed by atoms with E-state index in [0.717, 1.165) is 34.0 Å². The van der Waals surface area contributed by atoms with Crippen molar-refractivity contribution in [2.75, 3.05) is 0 Å². The summed E-state index contributed by atoms with van der Waals surface area (Å²) in [5.41, 5.74) is 3.70. The maximum absolute atomic E-state index is 10.8. The molecule has 1 N–H and O–H groups in total. The number of aryl methyl sites for hydroxylation is 2. The minimum Gasteiger partial charge on any atom is -0.478 e. The van der Waals surface area contributed by atoms with Crippen molar-refractivity contribution in [1.82, 2.24) is 9.78 Å². The molecule has 5 heteroatoms. The third-order valence-corrected chi connectivity index (χ3v) is 4.36. The van der Waals surface area contributed by atoms with Gasteiger partial charge in [0.25, 0.3) is 0 Å². The molecule has 0 aliphatic rings. The highest BCUT2D eigenvalue weighted by Crippen LogP contribution is 2.36. The summed E-state index contributed by atoms with van der Waals surface area (Å²) in [6.07, 6.45) is 2.77. The Balaban J connectivity index is 2.25. The monoisotopic (exact) mass is 298 g/mol. The summed E-state index contributed by atoms with van der Waals surface area (Å²) >= 11 is 1.68. The van der Waals surface area contributed by atoms with Gasteiger partial charge in [-0.15, -0.1) is 11.3 Å². The number of hydrogen-bond acceptors (Lipinski definition) is 3. The third-order valence-electron chi connectivity index (χ3n) is 3.40. The van der Waals surface area contributed by atoms with Crippen molar-refractivity contribution in [3.63, 3.8) is 0 Å². The van der Waals surface area contributed by atoms with Crippen LogP contribution in [0.25, 0.3) is 27.4 Å². The second kappa shape index (κ2) is 5.18. The van der Waals surface area contributed by atoms with Crippen molar-refractivity contribution in [3.05, 3.63) is 47.0 Å². The van der Waals surface area contributed by atoms with Gasteiger partial charge in [0.2, 0.25) is 0 Å². The van der Waals surface area contributed by atoms with E-state index in [2.05, 4.69) is 22.6 Å². The topological polar surface area (TPSA) is 55.1 Å². The van der Waals surface area contributed by atoms with Gasteiger partial charge in [-0.1, -0.05) is 18.2 Å². The molecular formula is C16H14N2O2S. The summed E-state index contributed by atoms with van der Waals surface area (Å²) in [4.78, 5) is 10.8. The Bertz CT molecular complexity index is 858. The van der Waals surface area contributed by atoms with E-state index in [4.69, 9.17) is 5.11 Å². The number of carboxylic acids is 1. The van der Waals surface area contributed by atoms with Gasteiger partial charge in [0.05, 0.1) is 11.4 Å². The van der Waals surface area contributed by atoms with Crippen LogP contribution in [0.1, 0.15) is 11.3 Å². The predicted molar refractivity (Wildman–Crippen MR) is 85.4 cm³/mol. The van der Waals surface area contributed by atoms with Gasteiger partial charge in [0.15, 0.2) is 0 Å². The van der Waals surface area contributed by atoms with E-state index in [1.807, 2.05) is 30.8 Å². The van der Waals surface area contributed by atoms with Crippen LogP contribution < -0.4 is 0 Å². The van der Waals surface area contributed by atoms with E-state index < -0.39 is 5.97 Å². The van der Waals surface area contributed by atoms with Crippen LogP contribution >= 0.6 is 11.3 Å². The van der Waals surface area contributed by atoms with E-state index in [-0.39, 0.29) is 0 Å². The maximum atomic E-state index is 10.8. The number of thiophene rings is 1. The molecule has 0 spiro atoms. The number of aliphatic carboxylic acids is 1. The summed E-state index contributed by atoms with van der Waals surface area (Å²) in [5, 5.41) is 16.5. The molecule has 0 bridgehead atoms. The normalized spacial score (nSPS) is 11.5. The van der Waals surface area contributed by atoms with Gasteiger partial charge >= 0.3 is 5.97 Å². The molecule has 0 fully saturated rings. The van der Waals surface area contributed by atoms with Crippen LogP contribution in [0.2, 0.25) is 0 Å². The zero-order valence-corrected chi connectivity index (χ0v) is 12.5. The molecule has 0 aliphatic heterocycles. The Hall–Kier alpha value is -2.40. The fourth-order valence-electron chi connectivity index (χ4n) is 2.51. The van der Waals surface area contributed by atoms with E-state index >= 15 is 0 Å². The number of benzene rings is 1. The van der Waals surface area contributed by atoms with Crippen molar-refractivity contribution in [2.24, 2.45) is 7.05 Å². The minimum atomic E-state index is -0.959. The second-order valence-electron chi connectivity index (χ2n) is 4.79. The van der Waals surface area contributed by atoms with Crippen molar-refractivity contribution < 1.29 is 9.90 Å². The highest BCUT2D eigenvalue weighted by atomic mass is 32.1. The minimum absolute atomic E-state index is 0.820. The van der Waals surface area contributed by atoms with Gasteiger partial charge in [-0.05, 0) is 19.1 Å². The number of carbonyl (C=O) groups is 1. The Morgan fingerprint density at radius 3 is 2.90 bits per heavy atom. The van der Waals surface area contributed by atoms with Crippen molar-refractivity contribution in [3.8, 4) is 11.3 Å². The fraction of sp³-hybridized carbons (Fsp3) is 0.125. The summed E-state index contributed by atoms with van der Waals surface area (Å²) in [6.45, 7) is 1.89. The number of nitrogens with zero attached hydrogens (tertiary/aromatic N) is 2. The molecule has 4 nitrogen and oxygen atoms in total. The summed E-state index contributed by atoms with van der Waals surface area (Å²) < 4.78 is 3.02. The van der Waals surface area contributed by atoms with Gasteiger partial charge in [-0.3, -0.25) is 4.68 Å². The van der Waals surface area contributed by atoms with E-state index in [0.29, 0.717) is 0 Å². The van der Waals surface area contributed by atoms with Crippen LogP contribution in [-0.4, -0.2) is 20.9 Å². The molecule has 2 heterocycles. The molecule has 0 atom stereocenters. The van der Waals surface area contributed by atoms with Crippen LogP contribution in [-0.2, 0) is 11.8 Å². The third kappa shape index (κ3) is 2.36. The average Bonchev–Trinajstić information content (AvgIpc) is 2.97. The molecule has 0 saturated heterocycles. The first kappa shape index (κ1) is 13.6. The van der Waals surface area contributed by atoms with Crippen molar-refractivity contribution >= 4 is 33.5 Å². The molecule has 0 saturated carbocycles. The van der Waals surface area contributed by atoms with Gasteiger partial charge in [-0.2, -0.15) is 5.10 Å². The first-order valence-electron chi connectivity index (χ1n) is 6.49. The van der Waals surface area contributed by atoms with Crippen LogP contribution in [0.4, 0.5) is 0 Å². The molecule has 0 aliphatic carbocycles. The Morgan fingerprint density at radius 2 is 2.14 bits per heavy atom. The summed E-state index contributed by atoms with van der Waals surface area (Å²) in [7, 11) is 1.88. The largest absolute Gasteiger partial charge is 0.478 e. The zero-order chi connectivity index (χ0) is 15.0. The number of hydrogen-bond donors (Lipinski definition) is 1. The number of rotatable bonds is 3.